The number of imidazole rings is 1. The van der Waals surface area contributed by atoms with Crippen molar-refractivity contribution >= 4 is 49.1 Å². The molecule has 2 heterocycles. The van der Waals surface area contributed by atoms with E-state index in [2.05, 4.69) is 83.6 Å². The van der Waals surface area contributed by atoms with E-state index in [1.54, 1.807) is 0 Å². The maximum Gasteiger partial charge on any atom is 0.295 e. The molecule has 136 valence electrons. The second-order valence-electron chi connectivity index (χ2n) is 7.68. The fraction of sp³-hybridized carbons (Fsp3) is 0.0769. The molecule has 0 spiro atoms. The molecule has 29 heavy (non-hydrogen) atoms. The molecule has 3 heteroatoms. The van der Waals surface area contributed by atoms with Crippen molar-refractivity contribution in [1.29, 1.82) is 5.26 Å². The van der Waals surface area contributed by atoms with Gasteiger partial charge in [-0.15, -0.1) is 0 Å². The third kappa shape index (κ3) is 1.93. The molecule has 3 nitrogen and oxygen atoms in total. The number of nitriles is 1. The van der Waals surface area contributed by atoms with Crippen molar-refractivity contribution < 1.29 is 4.40 Å². The van der Waals surface area contributed by atoms with E-state index in [-0.39, 0.29) is 0 Å². The third-order valence-electron chi connectivity index (χ3n) is 6.16. The van der Waals surface area contributed by atoms with Crippen LogP contribution >= 0.6 is 0 Å². The fourth-order valence-corrected chi connectivity index (χ4v) is 4.89. The van der Waals surface area contributed by atoms with E-state index in [0.717, 1.165) is 38.5 Å². The van der Waals surface area contributed by atoms with Gasteiger partial charge in [-0.3, -0.25) is 0 Å². The summed E-state index contributed by atoms with van der Waals surface area (Å²) in [5, 5.41) is 15.9. The highest BCUT2D eigenvalue weighted by Crippen LogP contribution is 2.34. The van der Waals surface area contributed by atoms with E-state index >= 15 is 0 Å². The summed E-state index contributed by atoms with van der Waals surface area (Å²) >= 11 is 0. The Morgan fingerprint density at radius 3 is 2.41 bits per heavy atom. The van der Waals surface area contributed by atoms with E-state index in [1.807, 2.05) is 18.2 Å². The summed E-state index contributed by atoms with van der Waals surface area (Å²) in [5.74, 6) is 0. The molecule has 0 atom stereocenters. The van der Waals surface area contributed by atoms with E-state index in [9.17, 15) is 5.26 Å². The van der Waals surface area contributed by atoms with E-state index in [4.69, 9.17) is 0 Å². The monoisotopic (exact) mass is 372 g/mol. The summed E-state index contributed by atoms with van der Waals surface area (Å²) in [6.07, 6.45) is 0. The lowest BCUT2D eigenvalue weighted by molar-refractivity contribution is -0.449. The largest absolute Gasteiger partial charge is 0.295 e. The van der Waals surface area contributed by atoms with Gasteiger partial charge in [0.2, 0.25) is 0 Å². The molecule has 0 saturated heterocycles. The number of aromatic nitrogens is 2. The van der Waals surface area contributed by atoms with Crippen LogP contribution in [0, 0.1) is 18.3 Å². The van der Waals surface area contributed by atoms with Crippen LogP contribution in [0.4, 0.5) is 0 Å². The number of fused-ring (bicyclic) bond motifs is 9. The van der Waals surface area contributed by atoms with Crippen LogP contribution in [-0.2, 0) is 7.05 Å². The Labute approximate surface area is 167 Å². The van der Waals surface area contributed by atoms with Gasteiger partial charge in [-0.05, 0) is 30.0 Å². The molecule has 2 aromatic heterocycles. The minimum absolute atomic E-state index is 0.729. The average molecular weight is 372 g/mol. The van der Waals surface area contributed by atoms with Crippen molar-refractivity contribution in [2.75, 3.05) is 0 Å². The standard InChI is InChI=1S/C26H18N3/c1-16-8-7-12-20-19-11-5-6-13-22(19)29-25-21(15-27)18-10-4-3-9-17(18)14-23(25)28(2)26(29)24(16)20/h3-14H,1-2H3/q+1. The molecule has 0 fully saturated rings. The summed E-state index contributed by atoms with van der Waals surface area (Å²) in [6.45, 7) is 2.16. The lowest BCUT2D eigenvalue weighted by Crippen LogP contribution is -2.23. The topological polar surface area (TPSA) is 32.8 Å². The normalized spacial score (nSPS) is 11.8. The smallest absolute Gasteiger partial charge is 0.225 e. The lowest BCUT2D eigenvalue weighted by Gasteiger charge is -2.07. The van der Waals surface area contributed by atoms with Crippen molar-refractivity contribution in [2.45, 2.75) is 6.92 Å². The molecule has 6 aromatic rings. The summed E-state index contributed by atoms with van der Waals surface area (Å²) in [6, 6.07) is 27.8. The molecule has 0 aliphatic heterocycles. The van der Waals surface area contributed by atoms with Crippen LogP contribution in [0.15, 0.2) is 72.8 Å². The van der Waals surface area contributed by atoms with Crippen molar-refractivity contribution in [3.63, 3.8) is 0 Å². The van der Waals surface area contributed by atoms with Gasteiger partial charge in [0.05, 0.1) is 12.4 Å². The molecule has 0 aliphatic carbocycles. The maximum atomic E-state index is 10.2. The van der Waals surface area contributed by atoms with Crippen LogP contribution in [0.3, 0.4) is 0 Å². The molecule has 0 unspecified atom stereocenters. The summed E-state index contributed by atoms with van der Waals surface area (Å²) in [4.78, 5) is 0. The molecule has 0 bridgehead atoms. The van der Waals surface area contributed by atoms with Crippen molar-refractivity contribution in [2.24, 2.45) is 7.05 Å². The Morgan fingerprint density at radius 2 is 1.59 bits per heavy atom. The Hall–Kier alpha value is -3.90. The molecular formula is C26H18N3+. The molecule has 4 aromatic carbocycles. The first-order valence-corrected chi connectivity index (χ1v) is 9.76. The van der Waals surface area contributed by atoms with Gasteiger partial charge in [0.15, 0.2) is 11.0 Å². The molecule has 0 radical (unpaired) electrons. The maximum absolute atomic E-state index is 10.2. The van der Waals surface area contributed by atoms with Gasteiger partial charge < -0.3 is 0 Å². The molecule has 0 N–H and O–H groups in total. The van der Waals surface area contributed by atoms with E-state index in [1.165, 1.54) is 21.7 Å². The summed E-state index contributed by atoms with van der Waals surface area (Å²) in [7, 11) is 2.11. The lowest BCUT2D eigenvalue weighted by atomic mass is 10.0. The van der Waals surface area contributed by atoms with Crippen molar-refractivity contribution in [3.8, 4) is 6.07 Å². The first kappa shape index (κ1) is 16.1. The number of benzene rings is 4. The number of para-hydroxylation sites is 1. The van der Waals surface area contributed by atoms with Crippen LogP contribution in [0.1, 0.15) is 11.1 Å². The van der Waals surface area contributed by atoms with Crippen LogP contribution < -0.4 is 4.40 Å². The number of pyridine rings is 1. The van der Waals surface area contributed by atoms with E-state index < -0.39 is 0 Å². The minimum Gasteiger partial charge on any atom is -0.225 e. The van der Waals surface area contributed by atoms with Gasteiger partial charge in [0, 0.05) is 16.2 Å². The molecular weight excluding hydrogens is 354 g/mol. The number of rotatable bonds is 0. The number of hydrogen-bond donors (Lipinski definition) is 0. The number of nitrogens with zero attached hydrogens (tertiary/aromatic N) is 3. The van der Waals surface area contributed by atoms with Crippen molar-refractivity contribution in [1.82, 2.24) is 4.57 Å². The molecule has 6 rings (SSSR count). The first-order chi connectivity index (χ1) is 14.2. The molecule has 0 aliphatic rings. The van der Waals surface area contributed by atoms with Crippen LogP contribution in [0.25, 0.3) is 49.1 Å². The number of hydrogen-bond acceptors (Lipinski definition) is 1. The first-order valence-electron chi connectivity index (χ1n) is 9.76. The predicted octanol–water partition coefficient (Wildman–Crippen LogP) is 5.56. The average Bonchev–Trinajstić information content (AvgIpc) is 3.05. The van der Waals surface area contributed by atoms with Gasteiger partial charge in [-0.25, -0.2) is 4.57 Å². The second kappa shape index (κ2) is 5.56. The van der Waals surface area contributed by atoms with E-state index in [0.29, 0.717) is 0 Å². The highest BCUT2D eigenvalue weighted by atomic mass is 15.1. The third-order valence-corrected chi connectivity index (χ3v) is 6.16. The Bertz CT molecular complexity index is 1680. The Morgan fingerprint density at radius 1 is 0.862 bits per heavy atom. The van der Waals surface area contributed by atoms with Crippen LogP contribution in [0.5, 0.6) is 0 Å². The molecule has 0 saturated carbocycles. The summed E-state index contributed by atoms with van der Waals surface area (Å²) in [5.41, 5.74) is 6.26. The zero-order valence-corrected chi connectivity index (χ0v) is 16.3. The number of aryl methyl sites for hydroxylation is 2. The van der Waals surface area contributed by atoms with Crippen molar-refractivity contribution in [3.05, 3.63) is 83.9 Å². The minimum atomic E-state index is 0.729. The SMILES string of the molecule is Cc1cccc2c3ccccc3[n+]3c4c(C#N)c5ccccc5cc4n(C)c3c12. The van der Waals surface area contributed by atoms with Gasteiger partial charge >= 0.3 is 0 Å². The van der Waals surface area contributed by atoms with Crippen LogP contribution in [-0.4, -0.2) is 4.57 Å². The Balaban J connectivity index is 2.09. The highest BCUT2D eigenvalue weighted by Gasteiger charge is 2.27. The second-order valence-corrected chi connectivity index (χ2v) is 7.68. The van der Waals surface area contributed by atoms with Gasteiger partial charge in [-0.2, -0.15) is 9.66 Å². The summed E-state index contributed by atoms with van der Waals surface area (Å²) < 4.78 is 4.52. The zero-order chi connectivity index (χ0) is 19.7. The highest BCUT2D eigenvalue weighted by molar-refractivity contribution is 6.12. The van der Waals surface area contributed by atoms with Gasteiger partial charge in [-0.1, -0.05) is 60.7 Å². The molecule has 0 amide bonds. The fourth-order valence-electron chi connectivity index (χ4n) is 4.89. The van der Waals surface area contributed by atoms with Crippen LogP contribution in [0.2, 0.25) is 0 Å². The quantitative estimate of drug-likeness (QED) is 0.254. The predicted molar refractivity (Wildman–Crippen MR) is 118 cm³/mol. The van der Waals surface area contributed by atoms with Gasteiger partial charge in [0.1, 0.15) is 17.1 Å². The van der Waals surface area contributed by atoms with Gasteiger partial charge in [0.25, 0.3) is 5.65 Å². The zero-order valence-electron chi connectivity index (χ0n) is 16.3. The Kier molecular flexibility index (Phi) is 3.08.